The van der Waals surface area contributed by atoms with Crippen LogP contribution in [0.2, 0.25) is 0 Å². The molecular formula is C16H16N4O5. The Morgan fingerprint density at radius 1 is 1.12 bits per heavy atom. The van der Waals surface area contributed by atoms with E-state index in [4.69, 9.17) is 4.74 Å². The van der Waals surface area contributed by atoms with Crippen molar-refractivity contribution in [3.05, 3.63) is 68.3 Å². The average Bonchev–Trinajstić information content (AvgIpc) is 2.60. The number of hydrogen-bond acceptors (Lipinski definition) is 7. The Kier molecular flexibility index (Phi) is 5.62. The number of nitrogens with one attached hydrogen (secondary N) is 1. The third-order valence-electron chi connectivity index (χ3n) is 3.38. The molecule has 0 fully saturated rings. The SMILES string of the molecule is COc1ccc(CC(C)=NNc2ccc([N+](=O)[O-])cc2[N+](=O)[O-])cc1. The molecule has 0 aliphatic heterocycles. The predicted molar refractivity (Wildman–Crippen MR) is 93.2 cm³/mol. The summed E-state index contributed by atoms with van der Waals surface area (Å²) in [6.45, 7) is 1.77. The van der Waals surface area contributed by atoms with Gasteiger partial charge in [0, 0.05) is 18.2 Å². The molecule has 0 aliphatic rings. The Morgan fingerprint density at radius 3 is 2.36 bits per heavy atom. The molecule has 2 rings (SSSR count). The van der Waals surface area contributed by atoms with Crippen molar-refractivity contribution in [1.29, 1.82) is 0 Å². The summed E-state index contributed by atoms with van der Waals surface area (Å²) in [4.78, 5) is 20.4. The van der Waals surface area contributed by atoms with Gasteiger partial charge in [-0.15, -0.1) is 0 Å². The van der Waals surface area contributed by atoms with Crippen LogP contribution >= 0.6 is 0 Å². The van der Waals surface area contributed by atoms with Gasteiger partial charge in [-0.2, -0.15) is 5.10 Å². The maximum absolute atomic E-state index is 11.1. The van der Waals surface area contributed by atoms with Crippen molar-refractivity contribution in [1.82, 2.24) is 0 Å². The summed E-state index contributed by atoms with van der Waals surface area (Å²) in [6.07, 6.45) is 0.539. The molecule has 0 unspecified atom stereocenters. The number of ether oxygens (including phenoxy) is 1. The summed E-state index contributed by atoms with van der Waals surface area (Å²) in [7, 11) is 1.59. The standard InChI is InChI=1S/C16H16N4O5/c1-11(9-12-3-6-14(25-2)7-4-12)17-18-15-8-5-13(19(21)22)10-16(15)20(23)24/h3-8,10,18H,9H2,1-2H3. The summed E-state index contributed by atoms with van der Waals surface area (Å²) in [5.74, 6) is 0.748. The fourth-order valence-electron chi connectivity index (χ4n) is 2.11. The van der Waals surface area contributed by atoms with Crippen molar-refractivity contribution in [3.8, 4) is 5.75 Å². The molecule has 0 radical (unpaired) electrons. The molecule has 0 heterocycles. The molecule has 0 bridgehead atoms. The van der Waals surface area contributed by atoms with Crippen molar-refractivity contribution in [2.45, 2.75) is 13.3 Å². The summed E-state index contributed by atoms with van der Waals surface area (Å²) >= 11 is 0. The number of methoxy groups -OCH3 is 1. The smallest absolute Gasteiger partial charge is 0.301 e. The highest BCUT2D eigenvalue weighted by molar-refractivity contribution is 5.85. The molecule has 0 spiro atoms. The van der Waals surface area contributed by atoms with Crippen LogP contribution in [0.4, 0.5) is 17.1 Å². The van der Waals surface area contributed by atoms with E-state index in [1.165, 1.54) is 12.1 Å². The van der Waals surface area contributed by atoms with E-state index in [-0.39, 0.29) is 11.4 Å². The minimum atomic E-state index is -0.691. The van der Waals surface area contributed by atoms with Crippen LogP contribution in [-0.4, -0.2) is 22.7 Å². The van der Waals surface area contributed by atoms with Crippen molar-refractivity contribution >= 4 is 22.8 Å². The lowest BCUT2D eigenvalue weighted by atomic mass is 10.1. The number of nitro benzene ring substituents is 2. The number of hydrazone groups is 1. The third-order valence-corrected chi connectivity index (χ3v) is 3.38. The first kappa shape index (κ1) is 17.9. The number of benzene rings is 2. The Morgan fingerprint density at radius 2 is 1.80 bits per heavy atom. The molecule has 0 amide bonds. The summed E-state index contributed by atoms with van der Waals surface area (Å²) in [5.41, 5.74) is 3.63. The van der Waals surface area contributed by atoms with E-state index in [0.717, 1.165) is 17.4 Å². The van der Waals surface area contributed by atoms with Gasteiger partial charge in [-0.05, 0) is 30.7 Å². The maximum atomic E-state index is 11.1. The first-order valence-corrected chi connectivity index (χ1v) is 7.25. The number of anilines is 1. The fraction of sp³-hybridized carbons (Fsp3) is 0.188. The van der Waals surface area contributed by atoms with Crippen LogP contribution in [0.15, 0.2) is 47.6 Å². The van der Waals surface area contributed by atoms with Crippen molar-refractivity contribution in [2.75, 3.05) is 12.5 Å². The Hall–Kier alpha value is -3.49. The molecule has 9 nitrogen and oxygen atoms in total. The molecule has 2 aromatic carbocycles. The van der Waals surface area contributed by atoms with Gasteiger partial charge >= 0.3 is 5.69 Å². The molecule has 9 heteroatoms. The van der Waals surface area contributed by atoms with Crippen LogP contribution in [0.25, 0.3) is 0 Å². The summed E-state index contributed by atoms with van der Waals surface area (Å²) in [6, 6.07) is 10.8. The predicted octanol–water partition coefficient (Wildman–Crippen LogP) is 3.54. The normalized spacial score (nSPS) is 11.0. The summed E-state index contributed by atoms with van der Waals surface area (Å²) in [5, 5.41) is 25.9. The Labute approximate surface area is 143 Å². The van der Waals surface area contributed by atoms with Gasteiger partial charge < -0.3 is 4.74 Å². The van der Waals surface area contributed by atoms with Crippen LogP contribution in [0.5, 0.6) is 5.75 Å². The zero-order chi connectivity index (χ0) is 18.4. The van der Waals surface area contributed by atoms with Crippen LogP contribution in [-0.2, 0) is 6.42 Å². The number of nitrogens with zero attached hydrogens (tertiary/aromatic N) is 3. The van der Waals surface area contributed by atoms with Crippen molar-refractivity contribution in [2.24, 2.45) is 5.10 Å². The van der Waals surface area contributed by atoms with Gasteiger partial charge in [-0.3, -0.25) is 25.7 Å². The summed E-state index contributed by atoms with van der Waals surface area (Å²) < 4.78 is 5.09. The molecular weight excluding hydrogens is 328 g/mol. The van der Waals surface area contributed by atoms with Gasteiger partial charge in [0.1, 0.15) is 11.4 Å². The second kappa shape index (κ2) is 7.86. The van der Waals surface area contributed by atoms with Crippen molar-refractivity contribution in [3.63, 3.8) is 0 Å². The van der Waals surface area contributed by atoms with E-state index in [0.29, 0.717) is 12.1 Å². The number of non-ortho nitro benzene ring substituents is 1. The largest absolute Gasteiger partial charge is 0.497 e. The number of rotatable bonds is 7. The van der Waals surface area contributed by atoms with Crippen LogP contribution in [0.3, 0.4) is 0 Å². The van der Waals surface area contributed by atoms with Gasteiger partial charge in [-0.1, -0.05) is 12.1 Å². The number of nitro groups is 2. The van der Waals surface area contributed by atoms with Gasteiger partial charge in [0.05, 0.1) is 23.0 Å². The quantitative estimate of drug-likeness (QED) is 0.466. The topological polar surface area (TPSA) is 120 Å². The van der Waals surface area contributed by atoms with E-state index >= 15 is 0 Å². The van der Waals surface area contributed by atoms with Crippen LogP contribution < -0.4 is 10.2 Å². The fourth-order valence-corrected chi connectivity index (χ4v) is 2.11. The molecule has 130 valence electrons. The Bertz CT molecular complexity index is 818. The van der Waals surface area contributed by atoms with Gasteiger partial charge in [0.2, 0.25) is 0 Å². The maximum Gasteiger partial charge on any atom is 0.301 e. The average molecular weight is 344 g/mol. The zero-order valence-corrected chi connectivity index (χ0v) is 13.6. The molecule has 0 saturated heterocycles. The zero-order valence-electron chi connectivity index (χ0n) is 13.6. The van der Waals surface area contributed by atoms with Gasteiger partial charge in [0.15, 0.2) is 0 Å². The molecule has 0 saturated carbocycles. The Balaban J connectivity index is 2.13. The van der Waals surface area contributed by atoms with E-state index in [2.05, 4.69) is 10.5 Å². The highest BCUT2D eigenvalue weighted by Gasteiger charge is 2.19. The minimum Gasteiger partial charge on any atom is -0.497 e. The van der Waals surface area contributed by atoms with E-state index in [9.17, 15) is 20.2 Å². The minimum absolute atomic E-state index is 0.0877. The molecule has 0 aliphatic carbocycles. The van der Waals surface area contributed by atoms with Gasteiger partial charge in [0.25, 0.3) is 5.69 Å². The number of hydrogen-bond donors (Lipinski definition) is 1. The second-order valence-corrected chi connectivity index (χ2v) is 5.20. The van der Waals surface area contributed by atoms with E-state index < -0.39 is 15.5 Å². The highest BCUT2D eigenvalue weighted by atomic mass is 16.6. The molecule has 0 aromatic heterocycles. The molecule has 1 N–H and O–H groups in total. The van der Waals surface area contributed by atoms with Crippen molar-refractivity contribution < 1.29 is 14.6 Å². The van der Waals surface area contributed by atoms with E-state index in [1.807, 2.05) is 24.3 Å². The lowest BCUT2D eigenvalue weighted by Crippen LogP contribution is -2.03. The van der Waals surface area contributed by atoms with Gasteiger partial charge in [-0.25, -0.2) is 0 Å². The molecule has 2 aromatic rings. The monoisotopic (exact) mass is 344 g/mol. The van der Waals surface area contributed by atoms with Crippen LogP contribution in [0, 0.1) is 20.2 Å². The van der Waals surface area contributed by atoms with Crippen LogP contribution in [0.1, 0.15) is 12.5 Å². The molecule has 25 heavy (non-hydrogen) atoms. The first-order valence-electron chi connectivity index (χ1n) is 7.25. The third kappa shape index (κ3) is 4.74. The molecule has 0 atom stereocenters. The highest BCUT2D eigenvalue weighted by Crippen LogP contribution is 2.28. The van der Waals surface area contributed by atoms with E-state index in [1.54, 1.807) is 14.0 Å². The first-order chi connectivity index (χ1) is 11.9. The lowest BCUT2D eigenvalue weighted by Gasteiger charge is -2.05. The second-order valence-electron chi connectivity index (χ2n) is 5.20. The lowest BCUT2D eigenvalue weighted by molar-refractivity contribution is -0.393.